The summed E-state index contributed by atoms with van der Waals surface area (Å²) in [5, 5.41) is 3.02. The number of nitrogens with two attached hydrogens (primary N) is 1. The largest absolute Gasteiger partial charge is 0.354 e. The molecule has 0 radical (unpaired) electrons. The number of carbonyl (C=O) groups is 1. The van der Waals surface area contributed by atoms with Gasteiger partial charge < -0.3 is 11.1 Å². The smallest absolute Gasteiger partial charge is 0.234 e. The molecule has 3 rings (SSSR count). The number of fused-ring (bicyclic) bond motifs is 1. The Morgan fingerprint density at radius 3 is 3.04 bits per heavy atom. The van der Waals surface area contributed by atoms with Crippen LogP contribution in [0.2, 0.25) is 0 Å². The van der Waals surface area contributed by atoms with Gasteiger partial charge in [-0.25, -0.2) is 9.97 Å². The lowest BCUT2D eigenvalue weighted by molar-refractivity contribution is -0.121. The molecule has 1 aliphatic rings. The summed E-state index contributed by atoms with van der Waals surface area (Å²) in [6.07, 6.45) is 5.83. The maximum Gasteiger partial charge on any atom is 0.234 e. The molecule has 1 saturated heterocycles. The molecular weight excluding hydrogens is 316 g/mol. The maximum atomic E-state index is 11.7. The Labute approximate surface area is 148 Å². The summed E-state index contributed by atoms with van der Waals surface area (Å²) in [6.45, 7) is 7.03. The minimum absolute atomic E-state index is 0.0401. The fourth-order valence-electron chi connectivity index (χ4n) is 3.67. The van der Waals surface area contributed by atoms with E-state index < -0.39 is 0 Å². The molecule has 1 atom stereocenters. The van der Waals surface area contributed by atoms with Crippen molar-refractivity contribution in [2.45, 2.75) is 52.1 Å². The summed E-state index contributed by atoms with van der Waals surface area (Å²) in [5.41, 5.74) is 8.74. The summed E-state index contributed by atoms with van der Waals surface area (Å²) in [4.78, 5) is 23.2. The van der Waals surface area contributed by atoms with Crippen LogP contribution in [-0.2, 0) is 11.3 Å². The van der Waals surface area contributed by atoms with Gasteiger partial charge in [-0.1, -0.05) is 6.42 Å². The van der Waals surface area contributed by atoms with Crippen molar-refractivity contribution in [1.82, 2.24) is 24.6 Å². The van der Waals surface area contributed by atoms with Gasteiger partial charge in [-0.05, 0) is 39.3 Å². The van der Waals surface area contributed by atoms with E-state index in [2.05, 4.69) is 37.6 Å². The second kappa shape index (κ2) is 7.93. The lowest BCUT2D eigenvalue weighted by Gasteiger charge is -2.35. The van der Waals surface area contributed by atoms with E-state index in [9.17, 15) is 4.79 Å². The van der Waals surface area contributed by atoms with Gasteiger partial charge in [-0.2, -0.15) is 0 Å². The van der Waals surface area contributed by atoms with E-state index in [1.165, 1.54) is 12.8 Å². The first-order chi connectivity index (χ1) is 12.1. The number of aromatic nitrogens is 3. The van der Waals surface area contributed by atoms with Crippen molar-refractivity contribution in [3.63, 3.8) is 0 Å². The molecule has 2 aromatic heterocycles. The number of carbonyl (C=O) groups excluding carboxylic acids is 1. The molecule has 1 fully saturated rings. The molecule has 0 saturated carbocycles. The minimum Gasteiger partial charge on any atom is -0.354 e. The lowest BCUT2D eigenvalue weighted by atomic mass is 10.0. The second-order valence-electron chi connectivity index (χ2n) is 6.89. The molecule has 3 N–H and O–H groups in total. The zero-order chi connectivity index (χ0) is 17.8. The topological polar surface area (TPSA) is 88.5 Å². The predicted molar refractivity (Wildman–Crippen MR) is 97.2 cm³/mol. The van der Waals surface area contributed by atoms with Crippen LogP contribution in [0.5, 0.6) is 0 Å². The number of imidazole rings is 1. The highest BCUT2D eigenvalue weighted by Gasteiger charge is 2.24. The Bertz CT molecular complexity index is 740. The third-order valence-corrected chi connectivity index (χ3v) is 4.88. The van der Waals surface area contributed by atoms with E-state index >= 15 is 0 Å². The summed E-state index contributed by atoms with van der Waals surface area (Å²) in [6, 6.07) is 2.44. The highest BCUT2D eigenvalue weighted by molar-refractivity contribution is 5.76. The van der Waals surface area contributed by atoms with E-state index in [0.29, 0.717) is 25.6 Å². The van der Waals surface area contributed by atoms with Crippen LogP contribution in [-0.4, -0.2) is 50.9 Å². The molecule has 1 amide bonds. The van der Waals surface area contributed by atoms with Crippen molar-refractivity contribution < 1.29 is 4.79 Å². The number of nitrogens with one attached hydrogen (secondary N) is 1. The number of rotatable bonds is 6. The fourth-order valence-corrected chi connectivity index (χ4v) is 3.67. The molecule has 136 valence electrons. The molecule has 2 aromatic rings. The van der Waals surface area contributed by atoms with Gasteiger partial charge >= 0.3 is 0 Å². The molecular formula is C18H28N6O. The average Bonchev–Trinajstić information content (AvgIpc) is 2.97. The number of hydrogen-bond donors (Lipinski definition) is 2. The van der Waals surface area contributed by atoms with E-state index in [4.69, 9.17) is 5.73 Å². The molecule has 1 unspecified atom stereocenters. The highest BCUT2D eigenvalue weighted by atomic mass is 16.1. The molecule has 1 aliphatic heterocycles. The fraction of sp³-hybridized carbons (Fsp3) is 0.611. The number of amides is 1. The van der Waals surface area contributed by atoms with Gasteiger partial charge in [0.15, 0.2) is 0 Å². The summed E-state index contributed by atoms with van der Waals surface area (Å²) in [7, 11) is 0. The van der Waals surface area contributed by atoms with Crippen molar-refractivity contribution in [3.8, 4) is 0 Å². The molecule has 7 heteroatoms. The van der Waals surface area contributed by atoms with Gasteiger partial charge in [0.05, 0.1) is 11.9 Å². The van der Waals surface area contributed by atoms with E-state index in [0.717, 1.165) is 42.4 Å². The number of aryl methyl sites for hydroxylation is 2. The summed E-state index contributed by atoms with van der Waals surface area (Å²) in [5.74, 6) is 0.802. The zero-order valence-electron chi connectivity index (χ0n) is 15.2. The molecule has 0 aliphatic carbocycles. The first kappa shape index (κ1) is 17.8. The molecule has 0 spiro atoms. The Morgan fingerprint density at radius 1 is 1.40 bits per heavy atom. The van der Waals surface area contributed by atoms with Crippen LogP contribution >= 0.6 is 0 Å². The molecule has 25 heavy (non-hydrogen) atoms. The highest BCUT2D eigenvalue weighted by Crippen LogP contribution is 2.20. The van der Waals surface area contributed by atoms with E-state index in [1.807, 2.05) is 13.1 Å². The first-order valence-corrected chi connectivity index (χ1v) is 9.10. The standard InChI is InChI=1S/C18H28N6O/c1-13-9-14(2)24-16(11-21-18(24)22-13)12-23-8-4-3-5-15(23)10-20-17(25)6-7-19/h9,11,15H,3-8,10,12,19H2,1-2H3,(H,20,25). The zero-order valence-corrected chi connectivity index (χ0v) is 15.2. The van der Waals surface area contributed by atoms with Gasteiger partial charge in [0.2, 0.25) is 11.7 Å². The summed E-state index contributed by atoms with van der Waals surface area (Å²) < 4.78 is 2.13. The van der Waals surface area contributed by atoms with Crippen molar-refractivity contribution in [2.75, 3.05) is 19.6 Å². The van der Waals surface area contributed by atoms with Gasteiger partial charge in [0, 0.05) is 43.5 Å². The van der Waals surface area contributed by atoms with Crippen molar-refractivity contribution >= 4 is 11.7 Å². The lowest BCUT2D eigenvalue weighted by Crippen LogP contribution is -2.46. The van der Waals surface area contributed by atoms with Crippen LogP contribution in [0.25, 0.3) is 5.78 Å². The number of nitrogens with zero attached hydrogens (tertiary/aromatic N) is 4. The van der Waals surface area contributed by atoms with Gasteiger partial charge in [-0.15, -0.1) is 0 Å². The maximum absolute atomic E-state index is 11.7. The molecule has 7 nitrogen and oxygen atoms in total. The number of piperidine rings is 1. The van der Waals surface area contributed by atoms with E-state index in [-0.39, 0.29) is 5.91 Å². The van der Waals surface area contributed by atoms with Crippen molar-refractivity contribution in [3.05, 3.63) is 29.3 Å². The molecule has 0 aromatic carbocycles. The van der Waals surface area contributed by atoms with Crippen LogP contribution in [0.4, 0.5) is 0 Å². The van der Waals surface area contributed by atoms with E-state index in [1.54, 1.807) is 0 Å². The Hall–Kier alpha value is -1.99. The SMILES string of the molecule is Cc1cc(C)n2c(CN3CCCCC3CNC(=O)CCN)cnc2n1. The number of likely N-dealkylation sites (tertiary alicyclic amines) is 1. The Kier molecular flexibility index (Phi) is 5.65. The molecule has 0 bridgehead atoms. The second-order valence-corrected chi connectivity index (χ2v) is 6.89. The summed E-state index contributed by atoms with van der Waals surface area (Å²) >= 11 is 0. The monoisotopic (exact) mass is 344 g/mol. The van der Waals surface area contributed by atoms with Gasteiger partial charge in [0.1, 0.15) is 0 Å². The Balaban J connectivity index is 1.72. The number of hydrogen-bond acceptors (Lipinski definition) is 5. The van der Waals surface area contributed by atoms with Crippen LogP contribution in [0.1, 0.15) is 42.8 Å². The third-order valence-electron chi connectivity index (χ3n) is 4.88. The van der Waals surface area contributed by atoms with Crippen LogP contribution < -0.4 is 11.1 Å². The van der Waals surface area contributed by atoms with Crippen LogP contribution in [0, 0.1) is 13.8 Å². The third kappa shape index (κ3) is 4.16. The van der Waals surface area contributed by atoms with Crippen molar-refractivity contribution in [1.29, 1.82) is 0 Å². The quantitative estimate of drug-likeness (QED) is 0.821. The normalized spacial score (nSPS) is 18.6. The van der Waals surface area contributed by atoms with Gasteiger partial charge in [-0.3, -0.25) is 14.1 Å². The molecule has 3 heterocycles. The average molecular weight is 344 g/mol. The predicted octanol–water partition coefficient (Wildman–Crippen LogP) is 1.17. The van der Waals surface area contributed by atoms with Crippen LogP contribution in [0.3, 0.4) is 0 Å². The Morgan fingerprint density at radius 2 is 2.24 bits per heavy atom. The van der Waals surface area contributed by atoms with Crippen LogP contribution in [0.15, 0.2) is 12.3 Å². The first-order valence-electron chi connectivity index (χ1n) is 9.10. The minimum atomic E-state index is 0.0401. The van der Waals surface area contributed by atoms with Crippen molar-refractivity contribution in [2.24, 2.45) is 5.73 Å². The van der Waals surface area contributed by atoms with Gasteiger partial charge in [0.25, 0.3) is 0 Å².